The lowest BCUT2D eigenvalue weighted by atomic mass is 10.2. The highest BCUT2D eigenvalue weighted by Gasteiger charge is 2.17. The minimum Gasteiger partial charge on any atom is -0.254 e. The van der Waals surface area contributed by atoms with Crippen molar-refractivity contribution in [2.75, 3.05) is 5.75 Å². The van der Waals surface area contributed by atoms with Crippen molar-refractivity contribution in [1.29, 1.82) is 0 Å². The van der Waals surface area contributed by atoms with Gasteiger partial charge in [-0.3, -0.25) is 4.21 Å². The fourth-order valence-corrected chi connectivity index (χ4v) is 3.51. The molecule has 0 fully saturated rings. The van der Waals surface area contributed by atoms with Crippen molar-refractivity contribution in [3.05, 3.63) is 10.6 Å². The highest BCUT2D eigenvalue weighted by atomic mass is 32.2. The van der Waals surface area contributed by atoms with E-state index in [0.717, 1.165) is 10.6 Å². The number of aromatic nitrogens is 1. The van der Waals surface area contributed by atoms with Gasteiger partial charge in [-0.25, -0.2) is 0 Å². The van der Waals surface area contributed by atoms with Gasteiger partial charge in [0.1, 0.15) is 0 Å². The van der Waals surface area contributed by atoms with Crippen molar-refractivity contribution in [2.24, 2.45) is 0 Å². The van der Waals surface area contributed by atoms with Crippen molar-refractivity contribution in [2.45, 2.75) is 38.5 Å². The summed E-state index contributed by atoms with van der Waals surface area (Å²) >= 11 is 1.48. The Bertz CT molecular complexity index is 317. The predicted octanol–water partition coefficient (Wildman–Crippen LogP) is 2.70. The molecular formula is C9H15NOS2. The van der Waals surface area contributed by atoms with E-state index < -0.39 is 10.8 Å². The molecule has 2 nitrogen and oxygen atoms in total. The Balaban J connectivity index is 3.16. The Kier molecular flexibility index (Phi) is 3.62. The first-order chi connectivity index (χ1) is 6.07. The zero-order valence-electron chi connectivity index (χ0n) is 8.46. The van der Waals surface area contributed by atoms with E-state index in [1.807, 2.05) is 13.8 Å². The van der Waals surface area contributed by atoms with Gasteiger partial charge in [0.05, 0.1) is 21.4 Å². The van der Waals surface area contributed by atoms with E-state index in [9.17, 15) is 4.21 Å². The number of aryl methyl sites for hydroxylation is 1. The fourth-order valence-electron chi connectivity index (χ4n) is 1.17. The number of hydrogen-bond donors (Lipinski definition) is 0. The van der Waals surface area contributed by atoms with E-state index in [-0.39, 0.29) is 0 Å². The van der Waals surface area contributed by atoms with E-state index in [2.05, 4.69) is 18.2 Å². The van der Waals surface area contributed by atoms with Crippen LogP contribution >= 0.6 is 11.5 Å². The van der Waals surface area contributed by atoms with Crippen LogP contribution in [0.5, 0.6) is 0 Å². The van der Waals surface area contributed by atoms with Gasteiger partial charge < -0.3 is 0 Å². The fraction of sp³-hybridized carbons (Fsp3) is 0.667. The van der Waals surface area contributed by atoms with E-state index >= 15 is 0 Å². The molecule has 1 atom stereocenters. The molecule has 13 heavy (non-hydrogen) atoms. The first-order valence-electron chi connectivity index (χ1n) is 4.42. The highest BCUT2D eigenvalue weighted by molar-refractivity contribution is 7.85. The molecule has 0 aromatic carbocycles. The van der Waals surface area contributed by atoms with Crippen molar-refractivity contribution >= 4 is 22.3 Å². The molecule has 1 aromatic heterocycles. The third-order valence-electron chi connectivity index (χ3n) is 1.85. The Labute approximate surface area is 86.0 Å². The van der Waals surface area contributed by atoms with Gasteiger partial charge in [0.25, 0.3) is 0 Å². The lowest BCUT2D eigenvalue weighted by Gasteiger charge is -2.04. The zero-order chi connectivity index (χ0) is 10.0. The summed E-state index contributed by atoms with van der Waals surface area (Å²) < 4.78 is 16.0. The van der Waals surface area contributed by atoms with E-state index in [0.29, 0.717) is 11.7 Å². The van der Waals surface area contributed by atoms with Crippen LogP contribution in [0, 0.1) is 6.92 Å². The Hall–Kier alpha value is -0.220. The highest BCUT2D eigenvalue weighted by Crippen LogP contribution is 2.29. The number of rotatable bonds is 3. The topological polar surface area (TPSA) is 30.0 Å². The molecular weight excluding hydrogens is 202 g/mol. The van der Waals surface area contributed by atoms with Crippen LogP contribution in [0.25, 0.3) is 0 Å². The van der Waals surface area contributed by atoms with Gasteiger partial charge in [-0.05, 0) is 24.4 Å². The molecule has 74 valence electrons. The zero-order valence-corrected chi connectivity index (χ0v) is 10.1. The molecule has 1 unspecified atom stereocenters. The molecule has 0 radical (unpaired) electrons. The maximum Gasteiger partial charge on any atom is 0.0759 e. The van der Waals surface area contributed by atoms with Gasteiger partial charge in [0.15, 0.2) is 0 Å². The predicted molar refractivity (Wildman–Crippen MR) is 57.9 cm³/mol. The summed E-state index contributed by atoms with van der Waals surface area (Å²) in [7, 11) is -0.855. The molecule has 0 bridgehead atoms. The van der Waals surface area contributed by atoms with Gasteiger partial charge in [0, 0.05) is 10.6 Å². The van der Waals surface area contributed by atoms with Crippen LogP contribution in [0.4, 0.5) is 0 Å². The summed E-state index contributed by atoms with van der Waals surface area (Å²) in [6, 6.07) is 0. The summed E-state index contributed by atoms with van der Waals surface area (Å²) in [4.78, 5) is 2.15. The van der Waals surface area contributed by atoms with E-state index in [1.165, 1.54) is 16.4 Å². The quantitative estimate of drug-likeness (QED) is 0.779. The molecule has 0 aliphatic heterocycles. The standard InChI is InChI=1S/C9H15NOS2/c1-5-13(11)9-7(4)10-12-8(9)6(2)3/h6H,5H2,1-4H3. The smallest absolute Gasteiger partial charge is 0.0759 e. The van der Waals surface area contributed by atoms with Gasteiger partial charge in [-0.15, -0.1) is 0 Å². The molecule has 1 rings (SSSR count). The van der Waals surface area contributed by atoms with Crippen LogP contribution in [0.1, 0.15) is 37.3 Å². The van der Waals surface area contributed by atoms with Crippen LogP contribution < -0.4 is 0 Å². The molecule has 1 aromatic rings. The van der Waals surface area contributed by atoms with Gasteiger partial charge in [-0.2, -0.15) is 4.37 Å². The average molecular weight is 217 g/mol. The maximum atomic E-state index is 11.7. The minimum atomic E-state index is -0.855. The second kappa shape index (κ2) is 4.33. The molecule has 1 heterocycles. The Morgan fingerprint density at radius 2 is 2.15 bits per heavy atom. The second-order valence-electron chi connectivity index (χ2n) is 3.25. The normalized spacial score (nSPS) is 13.6. The lowest BCUT2D eigenvalue weighted by Crippen LogP contribution is -1.99. The Morgan fingerprint density at radius 3 is 2.62 bits per heavy atom. The van der Waals surface area contributed by atoms with Crippen LogP contribution in [0.2, 0.25) is 0 Å². The van der Waals surface area contributed by atoms with E-state index in [1.54, 1.807) is 0 Å². The summed E-state index contributed by atoms with van der Waals surface area (Å²) in [5.41, 5.74) is 0.939. The average Bonchev–Trinajstić information content (AvgIpc) is 2.46. The lowest BCUT2D eigenvalue weighted by molar-refractivity contribution is 0.681. The third-order valence-corrected chi connectivity index (χ3v) is 4.71. The summed E-state index contributed by atoms with van der Waals surface area (Å²) in [6.07, 6.45) is 0. The molecule has 0 saturated heterocycles. The monoisotopic (exact) mass is 217 g/mol. The molecule has 0 spiro atoms. The van der Waals surface area contributed by atoms with Gasteiger partial charge in [-0.1, -0.05) is 20.8 Å². The van der Waals surface area contributed by atoms with E-state index in [4.69, 9.17) is 0 Å². The van der Waals surface area contributed by atoms with Gasteiger partial charge in [0.2, 0.25) is 0 Å². The first kappa shape index (κ1) is 10.9. The third kappa shape index (κ3) is 2.17. The molecule has 0 N–H and O–H groups in total. The molecule has 4 heteroatoms. The van der Waals surface area contributed by atoms with Crippen LogP contribution in [0.15, 0.2) is 4.90 Å². The number of hydrogen-bond acceptors (Lipinski definition) is 3. The molecule has 0 amide bonds. The van der Waals surface area contributed by atoms with Crippen molar-refractivity contribution in [1.82, 2.24) is 4.37 Å². The van der Waals surface area contributed by atoms with Crippen molar-refractivity contribution < 1.29 is 4.21 Å². The largest absolute Gasteiger partial charge is 0.254 e. The molecule has 0 aliphatic rings. The number of nitrogens with zero attached hydrogens (tertiary/aromatic N) is 1. The summed E-state index contributed by atoms with van der Waals surface area (Å²) in [6.45, 7) is 8.11. The SMILES string of the molecule is CCS(=O)c1c(C)nsc1C(C)C. The Morgan fingerprint density at radius 1 is 1.54 bits per heavy atom. The molecule has 0 saturated carbocycles. The van der Waals surface area contributed by atoms with Crippen LogP contribution in [0.3, 0.4) is 0 Å². The van der Waals surface area contributed by atoms with Crippen molar-refractivity contribution in [3.8, 4) is 0 Å². The van der Waals surface area contributed by atoms with Crippen LogP contribution in [-0.4, -0.2) is 14.3 Å². The molecule has 0 aliphatic carbocycles. The minimum absolute atomic E-state index is 0.427. The summed E-state index contributed by atoms with van der Waals surface area (Å²) in [5.74, 6) is 1.11. The maximum absolute atomic E-state index is 11.7. The van der Waals surface area contributed by atoms with Crippen molar-refractivity contribution in [3.63, 3.8) is 0 Å². The first-order valence-corrected chi connectivity index (χ1v) is 6.51. The summed E-state index contributed by atoms with van der Waals surface area (Å²) in [5, 5.41) is 0. The van der Waals surface area contributed by atoms with Crippen LogP contribution in [-0.2, 0) is 10.8 Å². The second-order valence-corrected chi connectivity index (χ2v) is 5.73. The van der Waals surface area contributed by atoms with Gasteiger partial charge >= 0.3 is 0 Å².